The molecule has 0 bridgehead atoms. The van der Waals surface area contributed by atoms with Gasteiger partial charge in [0.05, 0.1) is 33.9 Å². The van der Waals surface area contributed by atoms with Crippen LogP contribution in [-0.4, -0.2) is 27.9 Å². The Hall–Kier alpha value is -2.56. The van der Waals surface area contributed by atoms with Gasteiger partial charge in [-0.2, -0.15) is 0 Å². The first-order valence-electron chi connectivity index (χ1n) is 7.48. The molecule has 0 saturated heterocycles. The van der Waals surface area contributed by atoms with E-state index < -0.39 is 0 Å². The molecule has 2 heterocycles. The summed E-state index contributed by atoms with van der Waals surface area (Å²) >= 11 is 0. The largest absolute Gasteiger partial charge is 0.497 e. The van der Waals surface area contributed by atoms with E-state index in [1.54, 1.807) is 21.3 Å². The van der Waals surface area contributed by atoms with Crippen molar-refractivity contribution in [2.45, 2.75) is 12.0 Å². The number of rotatable bonds is 3. The second kappa shape index (κ2) is 5.26. The molecular weight excluding hydrogens is 296 g/mol. The first kappa shape index (κ1) is 14.1. The van der Waals surface area contributed by atoms with E-state index in [0.717, 1.165) is 28.4 Å². The van der Waals surface area contributed by atoms with Gasteiger partial charge in [0, 0.05) is 23.3 Å². The van der Waals surface area contributed by atoms with Gasteiger partial charge in [0.2, 0.25) is 0 Å². The van der Waals surface area contributed by atoms with Gasteiger partial charge < -0.3 is 23.7 Å². The van der Waals surface area contributed by atoms with Crippen molar-refractivity contribution in [3.63, 3.8) is 0 Å². The van der Waals surface area contributed by atoms with E-state index in [1.807, 2.05) is 30.3 Å². The predicted molar refractivity (Wildman–Crippen MR) is 84.1 cm³/mol. The Bertz CT molecular complexity index is 755. The average Bonchev–Trinajstić information content (AvgIpc) is 2.97. The van der Waals surface area contributed by atoms with Gasteiger partial charge in [0.15, 0.2) is 11.5 Å². The van der Waals surface area contributed by atoms with Crippen LogP contribution in [0, 0.1) is 0 Å². The quantitative estimate of drug-likeness (QED) is 0.869. The summed E-state index contributed by atoms with van der Waals surface area (Å²) in [6.07, 6.45) is -0.0588. The van der Waals surface area contributed by atoms with Gasteiger partial charge in [-0.3, -0.25) is 0 Å². The Morgan fingerprint density at radius 3 is 2.39 bits per heavy atom. The average molecular weight is 314 g/mol. The second-order valence-corrected chi connectivity index (χ2v) is 5.60. The van der Waals surface area contributed by atoms with Gasteiger partial charge in [-0.25, -0.2) is 0 Å². The Balaban J connectivity index is 1.76. The molecule has 0 N–H and O–H groups in total. The molecule has 0 spiro atoms. The SMILES string of the molecule is COc1ccc2c(c1)OC[C@@H]1c3cc(OC)c(OC)cc3O[C@H]21. The number of ether oxygens (including phenoxy) is 5. The smallest absolute Gasteiger partial charge is 0.164 e. The van der Waals surface area contributed by atoms with Crippen LogP contribution in [0.15, 0.2) is 30.3 Å². The Morgan fingerprint density at radius 2 is 1.65 bits per heavy atom. The molecule has 120 valence electrons. The normalized spacial score (nSPS) is 20.5. The summed E-state index contributed by atoms with van der Waals surface area (Å²) in [5, 5.41) is 0. The lowest BCUT2D eigenvalue weighted by atomic mass is 9.89. The molecule has 0 amide bonds. The third-order valence-electron chi connectivity index (χ3n) is 4.48. The summed E-state index contributed by atoms with van der Waals surface area (Å²) in [5.41, 5.74) is 2.13. The van der Waals surface area contributed by atoms with Crippen LogP contribution in [0.4, 0.5) is 0 Å². The summed E-state index contributed by atoms with van der Waals surface area (Å²) in [4.78, 5) is 0. The highest BCUT2D eigenvalue weighted by Gasteiger charge is 2.41. The lowest BCUT2D eigenvalue weighted by Gasteiger charge is -2.28. The van der Waals surface area contributed by atoms with E-state index in [2.05, 4.69) is 0 Å². The van der Waals surface area contributed by atoms with Gasteiger partial charge >= 0.3 is 0 Å². The van der Waals surface area contributed by atoms with Crippen LogP contribution in [0.3, 0.4) is 0 Å². The monoisotopic (exact) mass is 314 g/mol. The fraction of sp³-hybridized carbons (Fsp3) is 0.333. The van der Waals surface area contributed by atoms with E-state index in [4.69, 9.17) is 23.7 Å². The molecule has 0 saturated carbocycles. The van der Waals surface area contributed by atoms with Crippen LogP contribution in [0.5, 0.6) is 28.7 Å². The zero-order valence-electron chi connectivity index (χ0n) is 13.3. The maximum Gasteiger partial charge on any atom is 0.164 e. The van der Waals surface area contributed by atoms with E-state index >= 15 is 0 Å². The molecule has 2 aliphatic heterocycles. The van der Waals surface area contributed by atoms with Crippen molar-refractivity contribution in [2.75, 3.05) is 27.9 Å². The van der Waals surface area contributed by atoms with Crippen LogP contribution < -0.4 is 23.7 Å². The molecular formula is C18H18O5. The Morgan fingerprint density at radius 1 is 0.870 bits per heavy atom. The second-order valence-electron chi connectivity index (χ2n) is 5.60. The maximum atomic E-state index is 6.20. The van der Waals surface area contributed by atoms with Gasteiger partial charge in [-0.05, 0) is 18.2 Å². The van der Waals surface area contributed by atoms with Crippen molar-refractivity contribution in [1.82, 2.24) is 0 Å². The van der Waals surface area contributed by atoms with Gasteiger partial charge in [-0.15, -0.1) is 0 Å². The van der Waals surface area contributed by atoms with E-state index in [0.29, 0.717) is 18.1 Å². The van der Waals surface area contributed by atoms with E-state index in [9.17, 15) is 0 Å². The summed E-state index contributed by atoms with van der Waals surface area (Å²) in [6.45, 7) is 0.563. The number of fused-ring (bicyclic) bond motifs is 5. The molecule has 2 aliphatic rings. The van der Waals surface area contributed by atoms with Gasteiger partial charge in [0.1, 0.15) is 23.4 Å². The fourth-order valence-corrected chi connectivity index (χ4v) is 3.29. The lowest BCUT2D eigenvalue weighted by Crippen LogP contribution is -2.23. The van der Waals surface area contributed by atoms with Crippen LogP contribution in [0.2, 0.25) is 0 Å². The molecule has 0 fully saturated rings. The highest BCUT2D eigenvalue weighted by Crippen LogP contribution is 2.53. The summed E-state index contributed by atoms with van der Waals surface area (Å²) in [7, 11) is 4.90. The number of hydrogen-bond acceptors (Lipinski definition) is 5. The third kappa shape index (κ3) is 2.07. The molecule has 2 aromatic carbocycles. The molecule has 5 heteroatoms. The predicted octanol–water partition coefficient (Wildman–Crippen LogP) is 3.32. The maximum absolute atomic E-state index is 6.20. The Labute approximate surface area is 134 Å². The molecule has 0 radical (unpaired) electrons. The van der Waals surface area contributed by atoms with Crippen molar-refractivity contribution in [1.29, 1.82) is 0 Å². The van der Waals surface area contributed by atoms with Gasteiger partial charge in [-0.1, -0.05) is 0 Å². The first-order valence-corrected chi connectivity index (χ1v) is 7.48. The van der Waals surface area contributed by atoms with Crippen LogP contribution in [0.25, 0.3) is 0 Å². The molecule has 2 atom stereocenters. The number of methoxy groups -OCH3 is 3. The first-order chi connectivity index (χ1) is 11.2. The van der Waals surface area contributed by atoms with Crippen LogP contribution in [-0.2, 0) is 0 Å². The van der Waals surface area contributed by atoms with Crippen molar-refractivity contribution in [3.05, 3.63) is 41.5 Å². The minimum Gasteiger partial charge on any atom is -0.497 e. The highest BCUT2D eigenvalue weighted by atomic mass is 16.5. The van der Waals surface area contributed by atoms with Crippen LogP contribution >= 0.6 is 0 Å². The standard InChI is InChI=1S/C18H18O5/c1-19-10-4-5-11-14(6-10)22-9-13-12-7-16(20-2)17(21-3)8-15(12)23-18(11)13/h4-8,13,18H,9H2,1-3H3/t13-,18-/m1/s1. The van der Waals surface area contributed by atoms with E-state index in [1.165, 1.54) is 0 Å². The summed E-state index contributed by atoms with van der Waals surface area (Å²) in [5.74, 6) is 3.94. The number of benzene rings is 2. The molecule has 4 rings (SSSR count). The van der Waals surface area contributed by atoms with E-state index in [-0.39, 0.29) is 12.0 Å². The molecule has 0 aliphatic carbocycles. The fourth-order valence-electron chi connectivity index (χ4n) is 3.29. The summed E-state index contributed by atoms with van der Waals surface area (Å²) in [6, 6.07) is 9.70. The number of hydrogen-bond donors (Lipinski definition) is 0. The van der Waals surface area contributed by atoms with Crippen molar-refractivity contribution in [2.24, 2.45) is 0 Å². The minimum atomic E-state index is -0.0588. The zero-order valence-corrected chi connectivity index (χ0v) is 13.3. The topological polar surface area (TPSA) is 46.2 Å². The van der Waals surface area contributed by atoms with Crippen molar-refractivity contribution >= 4 is 0 Å². The highest BCUT2D eigenvalue weighted by molar-refractivity contribution is 5.57. The summed E-state index contributed by atoms with van der Waals surface area (Å²) < 4.78 is 28.2. The van der Waals surface area contributed by atoms with Gasteiger partial charge in [0.25, 0.3) is 0 Å². The third-order valence-corrected chi connectivity index (χ3v) is 4.48. The minimum absolute atomic E-state index is 0.0588. The molecule has 0 unspecified atom stereocenters. The molecule has 23 heavy (non-hydrogen) atoms. The molecule has 0 aromatic heterocycles. The van der Waals surface area contributed by atoms with Crippen molar-refractivity contribution in [3.8, 4) is 28.7 Å². The Kier molecular flexibility index (Phi) is 3.22. The van der Waals surface area contributed by atoms with Crippen LogP contribution in [0.1, 0.15) is 23.1 Å². The van der Waals surface area contributed by atoms with Crippen molar-refractivity contribution < 1.29 is 23.7 Å². The lowest BCUT2D eigenvalue weighted by molar-refractivity contribution is 0.139. The zero-order chi connectivity index (χ0) is 16.0. The molecule has 5 nitrogen and oxygen atoms in total. The molecule has 2 aromatic rings.